The van der Waals surface area contributed by atoms with Crippen molar-refractivity contribution in [1.82, 2.24) is 25.1 Å². The van der Waals surface area contributed by atoms with Crippen molar-refractivity contribution < 1.29 is 14.3 Å². The van der Waals surface area contributed by atoms with Crippen LogP contribution in [0.3, 0.4) is 0 Å². The third-order valence-electron chi connectivity index (χ3n) is 4.91. The van der Waals surface area contributed by atoms with Gasteiger partial charge >= 0.3 is 0 Å². The highest BCUT2D eigenvalue weighted by Gasteiger charge is 2.27. The van der Waals surface area contributed by atoms with Crippen molar-refractivity contribution >= 4 is 22.6 Å². The van der Waals surface area contributed by atoms with Crippen molar-refractivity contribution in [3.63, 3.8) is 0 Å². The highest BCUT2D eigenvalue weighted by atomic mass is 19.1. The lowest BCUT2D eigenvalue weighted by molar-refractivity contribution is -0.00177. The van der Waals surface area contributed by atoms with Gasteiger partial charge in [0, 0.05) is 30.4 Å². The SMILES string of the molecule is CC(C)(C)CNc1cc(-n2ncc3cc(C#N)cnc32)ncc1C(=O)NCC(F)C(C)(C)O. The number of nitriles is 1. The number of hydrogen-bond acceptors (Lipinski definition) is 7. The first-order valence-electron chi connectivity index (χ1n) is 10.5. The lowest BCUT2D eigenvalue weighted by atomic mass is 9.96. The monoisotopic (exact) mass is 453 g/mol. The van der Waals surface area contributed by atoms with E-state index >= 15 is 0 Å². The normalized spacial score (nSPS) is 12.9. The molecule has 3 rings (SSSR count). The van der Waals surface area contributed by atoms with E-state index in [2.05, 4.69) is 46.5 Å². The molecule has 0 fully saturated rings. The summed E-state index contributed by atoms with van der Waals surface area (Å²) < 4.78 is 15.6. The summed E-state index contributed by atoms with van der Waals surface area (Å²) in [7, 11) is 0. The highest BCUT2D eigenvalue weighted by Crippen LogP contribution is 2.23. The molecule has 0 spiro atoms. The standard InChI is InChI=1S/C23H28FN7O2/c1-22(2,3)13-29-17-7-19(31-20-15(10-30-31)6-14(8-25)9-27-20)26-11-16(17)21(32)28-12-18(24)23(4,5)33/h6-7,9-11,18,33H,12-13H2,1-5H3,(H,26,29)(H,28,32). The molecule has 1 atom stereocenters. The molecule has 0 bridgehead atoms. The number of hydrogen-bond donors (Lipinski definition) is 3. The Balaban J connectivity index is 1.95. The molecule has 0 aromatic carbocycles. The van der Waals surface area contributed by atoms with Crippen molar-refractivity contribution in [2.75, 3.05) is 18.4 Å². The first-order chi connectivity index (χ1) is 15.4. The van der Waals surface area contributed by atoms with Gasteiger partial charge in [-0.25, -0.2) is 14.4 Å². The van der Waals surface area contributed by atoms with Gasteiger partial charge < -0.3 is 15.7 Å². The molecular weight excluding hydrogens is 425 g/mol. The number of rotatable bonds is 7. The van der Waals surface area contributed by atoms with Gasteiger partial charge in [-0.1, -0.05) is 20.8 Å². The van der Waals surface area contributed by atoms with E-state index in [0.29, 0.717) is 34.6 Å². The Bertz CT molecular complexity index is 1200. The molecule has 3 heterocycles. The summed E-state index contributed by atoms with van der Waals surface area (Å²) in [6, 6.07) is 5.40. The number of halogens is 1. The van der Waals surface area contributed by atoms with Gasteiger partial charge in [-0.2, -0.15) is 15.0 Å². The fourth-order valence-electron chi connectivity index (χ4n) is 2.93. The molecule has 10 heteroatoms. The minimum absolute atomic E-state index is 0.0736. The minimum atomic E-state index is -1.63. The second kappa shape index (κ2) is 9.11. The van der Waals surface area contributed by atoms with Crippen LogP contribution in [0.25, 0.3) is 16.9 Å². The number of aromatic nitrogens is 4. The molecular formula is C23H28FN7O2. The number of nitrogens with one attached hydrogen (secondary N) is 2. The Hall–Kier alpha value is -3.58. The van der Waals surface area contributed by atoms with Crippen molar-refractivity contribution in [3.05, 3.63) is 41.9 Å². The van der Waals surface area contributed by atoms with Crippen LogP contribution in [0.2, 0.25) is 0 Å². The number of pyridine rings is 2. The van der Waals surface area contributed by atoms with Gasteiger partial charge in [0.25, 0.3) is 5.91 Å². The summed E-state index contributed by atoms with van der Waals surface area (Å²) in [6.07, 6.45) is 2.81. The molecule has 0 saturated heterocycles. The van der Waals surface area contributed by atoms with Gasteiger partial charge in [-0.3, -0.25) is 4.79 Å². The molecule has 0 aliphatic rings. The van der Waals surface area contributed by atoms with Crippen LogP contribution in [0.4, 0.5) is 10.1 Å². The lowest BCUT2D eigenvalue weighted by Gasteiger charge is -2.23. The average molecular weight is 454 g/mol. The summed E-state index contributed by atoms with van der Waals surface area (Å²) in [4.78, 5) is 21.5. The number of nitrogens with zero attached hydrogens (tertiary/aromatic N) is 5. The Morgan fingerprint density at radius 3 is 2.58 bits per heavy atom. The predicted molar refractivity (Wildman–Crippen MR) is 123 cm³/mol. The zero-order chi connectivity index (χ0) is 24.4. The first kappa shape index (κ1) is 24.1. The summed E-state index contributed by atoms with van der Waals surface area (Å²) in [5, 5.41) is 29.7. The van der Waals surface area contributed by atoms with E-state index in [1.165, 1.54) is 30.9 Å². The third kappa shape index (κ3) is 5.81. The molecule has 33 heavy (non-hydrogen) atoms. The van der Waals surface area contributed by atoms with E-state index in [1.54, 1.807) is 18.3 Å². The molecule has 3 N–H and O–H groups in total. The van der Waals surface area contributed by atoms with E-state index < -0.39 is 17.7 Å². The van der Waals surface area contributed by atoms with Crippen LogP contribution >= 0.6 is 0 Å². The quantitative estimate of drug-likeness (QED) is 0.501. The second-order valence-corrected chi connectivity index (χ2v) is 9.64. The fourth-order valence-corrected chi connectivity index (χ4v) is 2.93. The number of amides is 1. The molecule has 0 aliphatic heterocycles. The summed E-state index contributed by atoms with van der Waals surface area (Å²) in [6.45, 7) is 9.08. The predicted octanol–water partition coefficient (Wildman–Crippen LogP) is 2.98. The van der Waals surface area contributed by atoms with Gasteiger partial charge in [0.1, 0.15) is 12.2 Å². The minimum Gasteiger partial charge on any atom is -0.387 e. The largest absolute Gasteiger partial charge is 0.387 e. The van der Waals surface area contributed by atoms with Crippen LogP contribution in [0, 0.1) is 16.7 Å². The number of alkyl halides is 1. The first-order valence-corrected chi connectivity index (χ1v) is 10.5. The van der Waals surface area contributed by atoms with Gasteiger partial charge in [0.05, 0.1) is 35.2 Å². The van der Waals surface area contributed by atoms with E-state index in [4.69, 9.17) is 5.26 Å². The average Bonchev–Trinajstić information content (AvgIpc) is 3.17. The van der Waals surface area contributed by atoms with Crippen LogP contribution in [0.15, 0.2) is 30.7 Å². The van der Waals surface area contributed by atoms with Crippen molar-refractivity contribution in [1.29, 1.82) is 5.26 Å². The van der Waals surface area contributed by atoms with Crippen LogP contribution < -0.4 is 10.6 Å². The summed E-state index contributed by atoms with van der Waals surface area (Å²) >= 11 is 0. The fraction of sp³-hybridized carbons (Fsp3) is 0.435. The highest BCUT2D eigenvalue weighted by molar-refractivity contribution is 5.99. The molecule has 3 aromatic rings. The van der Waals surface area contributed by atoms with Gasteiger partial charge in [-0.05, 0) is 25.3 Å². The van der Waals surface area contributed by atoms with E-state index in [9.17, 15) is 14.3 Å². The lowest BCUT2D eigenvalue weighted by Crippen LogP contribution is -2.42. The Kier molecular flexibility index (Phi) is 6.65. The van der Waals surface area contributed by atoms with Crippen LogP contribution in [0.1, 0.15) is 50.5 Å². The zero-order valence-electron chi connectivity index (χ0n) is 19.3. The number of aliphatic hydroxyl groups is 1. The Morgan fingerprint density at radius 1 is 1.21 bits per heavy atom. The number of carbonyl (C=O) groups is 1. The summed E-state index contributed by atoms with van der Waals surface area (Å²) in [5.41, 5.74) is 0.0427. The van der Waals surface area contributed by atoms with Crippen molar-refractivity contribution in [3.8, 4) is 11.9 Å². The van der Waals surface area contributed by atoms with Gasteiger partial charge in [-0.15, -0.1) is 0 Å². The topological polar surface area (TPSA) is 129 Å². The van der Waals surface area contributed by atoms with Crippen LogP contribution in [-0.2, 0) is 0 Å². The Morgan fingerprint density at radius 2 is 1.94 bits per heavy atom. The van der Waals surface area contributed by atoms with Crippen LogP contribution in [-0.4, -0.2) is 55.6 Å². The molecule has 1 amide bonds. The number of carbonyl (C=O) groups excluding carboxylic acids is 1. The maximum absolute atomic E-state index is 14.1. The van der Waals surface area contributed by atoms with Gasteiger partial charge in [0.15, 0.2) is 11.5 Å². The second-order valence-electron chi connectivity index (χ2n) is 9.64. The van der Waals surface area contributed by atoms with Crippen LogP contribution in [0.5, 0.6) is 0 Å². The maximum Gasteiger partial charge on any atom is 0.255 e. The zero-order valence-corrected chi connectivity index (χ0v) is 19.3. The van der Waals surface area contributed by atoms with Gasteiger partial charge in [0.2, 0.25) is 0 Å². The molecule has 1 unspecified atom stereocenters. The third-order valence-corrected chi connectivity index (χ3v) is 4.91. The smallest absolute Gasteiger partial charge is 0.255 e. The molecule has 0 aliphatic carbocycles. The molecule has 0 radical (unpaired) electrons. The Labute approximate surface area is 191 Å². The van der Waals surface area contributed by atoms with Crippen molar-refractivity contribution in [2.24, 2.45) is 5.41 Å². The maximum atomic E-state index is 14.1. The molecule has 174 valence electrons. The van der Waals surface area contributed by atoms with E-state index in [-0.39, 0.29) is 17.5 Å². The molecule has 3 aromatic heterocycles. The molecule has 9 nitrogen and oxygen atoms in total. The van der Waals surface area contributed by atoms with E-state index in [1.807, 2.05) is 6.07 Å². The van der Waals surface area contributed by atoms with Crippen molar-refractivity contribution in [2.45, 2.75) is 46.4 Å². The number of fused-ring (bicyclic) bond motifs is 1. The summed E-state index contributed by atoms with van der Waals surface area (Å²) in [5.74, 6) is -0.0884. The number of anilines is 1. The van der Waals surface area contributed by atoms with E-state index in [0.717, 1.165) is 0 Å². The molecule has 0 saturated carbocycles.